The molecule has 0 saturated heterocycles. The zero-order valence-electron chi connectivity index (χ0n) is 13.4. The highest BCUT2D eigenvalue weighted by Gasteiger charge is 2.25. The second-order valence-electron chi connectivity index (χ2n) is 5.05. The summed E-state index contributed by atoms with van der Waals surface area (Å²) >= 11 is 0. The van der Waals surface area contributed by atoms with Gasteiger partial charge in [-0.3, -0.25) is 14.9 Å². The summed E-state index contributed by atoms with van der Waals surface area (Å²) in [6.07, 6.45) is 0.455. The van der Waals surface area contributed by atoms with Crippen molar-refractivity contribution in [2.75, 3.05) is 12.8 Å². The predicted molar refractivity (Wildman–Crippen MR) is 84.4 cm³/mol. The van der Waals surface area contributed by atoms with Gasteiger partial charge in [0.2, 0.25) is 0 Å². The Morgan fingerprint density at radius 1 is 1.38 bits per heavy atom. The lowest BCUT2D eigenvalue weighted by Crippen LogP contribution is -2.36. The van der Waals surface area contributed by atoms with Crippen molar-refractivity contribution < 1.29 is 27.7 Å². The van der Waals surface area contributed by atoms with Crippen LogP contribution in [0.15, 0.2) is 23.1 Å². The zero-order chi connectivity index (χ0) is 18.5. The molecule has 1 aromatic carbocycles. The largest absolute Gasteiger partial charge is 0.449 e. The Morgan fingerprint density at radius 2 is 2.00 bits per heavy atom. The summed E-state index contributed by atoms with van der Waals surface area (Å²) in [4.78, 5) is 33.3. The summed E-state index contributed by atoms with van der Waals surface area (Å²) in [5.41, 5.74) is -0.945. The third-order valence-corrected chi connectivity index (χ3v) is 4.14. The monoisotopic (exact) mass is 358 g/mol. The van der Waals surface area contributed by atoms with Crippen molar-refractivity contribution in [3.8, 4) is 0 Å². The molecule has 0 heterocycles. The molecule has 0 aliphatic rings. The molecular weight excluding hydrogens is 340 g/mol. The first-order valence-corrected chi connectivity index (χ1v) is 8.94. The van der Waals surface area contributed by atoms with Gasteiger partial charge in [-0.1, -0.05) is 6.92 Å². The molecule has 1 atom stereocenters. The van der Waals surface area contributed by atoms with Crippen LogP contribution in [0.25, 0.3) is 0 Å². The fourth-order valence-corrected chi connectivity index (χ4v) is 2.60. The first-order chi connectivity index (χ1) is 11.1. The number of hydrogen-bond donors (Lipinski definition) is 1. The number of carbonyl (C=O) groups excluding carboxylic acids is 2. The number of amides is 1. The van der Waals surface area contributed by atoms with Crippen molar-refractivity contribution in [3.05, 3.63) is 33.9 Å². The SMILES string of the molecule is CCCNC(=O)C(C)OC(=O)c1ccc(S(C)(=O)=O)c([N+](=O)[O-])c1. The molecular formula is C14H18N2O7S. The van der Waals surface area contributed by atoms with Gasteiger partial charge in [-0.05, 0) is 25.5 Å². The van der Waals surface area contributed by atoms with E-state index in [1.165, 1.54) is 6.92 Å². The molecule has 0 saturated carbocycles. The minimum absolute atomic E-state index is 0.218. The van der Waals surface area contributed by atoms with Crippen molar-refractivity contribution in [2.45, 2.75) is 31.3 Å². The van der Waals surface area contributed by atoms with E-state index in [9.17, 15) is 28.1 Å². The van der Waals surface area contributed by atoms with E-state index in [0.29, 0.717) is 13.0 Å². The predicted octanol–water partition coefficient (Wildman–Crippen LogP) is 1.07. The van der Waals surface area contributed by atoms with Gasteiger partial charge >= 0.3 is 5.97 Å². The van der Waals surface area contributed by atoms with Crippen LogP contribution in [0.3, 0.4) is 0 Å². The third-order valence-electron chi connectivity index (χ3n) is 2.99. The standard InChI is InChI=1S/C14H18N2O7S/c1-4-7-15-13(17)9(2)23-14(18)10-5-6-12(24(3,21)22)11(8-10)16(19)20/h5-6,8-9H,4,7H2,1-3H3,(H,15,17). The Hall–Kier alpha value is -2.49. The Morgan fingerprint density at radius 3 is 2.50 bits per heavy atom. The van der Waals surface area contributed by atoms with E-state index in [4.69, 9.17) is 4.74 Å². The van der Waals surface area contributed by atoms with Crippen LogP contribution in [0.4, 0.5) is 5.69 Å². The van der Waals surface area contributed by atoms with Gasteiger partial charge < -0.3 is 10.1 Å². The van der Waals surface area contributed by atoms with Crippen LogP contribution >= 0.6 is 0 Å². The van der Waals surface area contributed by atoms with E-state index in [1.54, 1.807) is 0 Å². The van der Waals surface area contributed by atoms with Crippen LogP contribution in [-0.4, -0.2) is 44.1 Å². The molecule has 1 unspecified atom stereocenters. The number of nitro groups is 1. The summed E-state index contributed by atoms with van der Waals surface area (Å²) in [7, 11) is -3.83. The molecule has 24 heavy (non-hydrogen) atoms. The molecule has 0 spiro atoms. The number of carbonyl (C=O) groups is 2. The minimum Gasteiger partial charge on any atom is -0.449 e. The van der Waals surface area contributed by atoms with Gasteiger partial charge in [0.15, 0.2) is 15.9 Å². The van der Waals surface area contributed by atoms with Crippen molar-refractivity contribution in [2.24, 2.45) is 0 Å². The van der Waals surface area contributed by atoms with Crippen LogP contribution in [0.5, 0.6) is 0 Å². The number of rotatable bonds is 7. The van der Waals surface area contributed by atoms with Crippen molar-refractivity contribution in [1.82, 2.24) is 5.32 Å². The Labute approximate surface area is 139 Å². The van der Waals surface area contributed by atoms with Gasteiger partial charge in [-0.15, -0.1) is 0 Å². The highest BCUT2D eigenvalue weighted by molar-refractivity contribution is 7.90. The second-order valence-corrected chi connectivity index (χ2v) is 7.03. The maximum absolute atomic E-state index is 12.0. The average Bonchev–Trinajstić information content (AvgIpc) is 2.50. The van der Waals surface area contributed by atoms with Gasteiger partial charge in [0.05, 0.1) is 10.5 Å². The summed E-state index contributed by atoms with van der Waals surface area (Å²) in [6, 6.07) is 2.88. The van der Waals surface area contributed by atoms with Crippen molar-refractivity contribution >= 4 is 27.4 Å². The number of benzene rings is 1. The number of esters is 1. The smallest absolute Gasteiger partial charge is 0.339 e. The Balaban J connectivity index is 3.02. The van der Waals surface area contributed by atoms with Gasteiger partial charge in [-0.25, -0.2) is 13.2 Å². The molecule has 0 fully saturated rings. The van der Waals surface area contributed by atoms with Gasteiger partial charge in [0, 0.05) is 18.9 Å². The quantitative estimate of drug-likeness (QED) is 0.438. The van der Waals surface area contributed by atoms with Crippen molar-refractivity contribution in [3.63, 3.8) is 0 Å². The minimum atomic E-state index is -3.83. The van der Waals surface area contributed by atoms with Gasteiger partial charge in [0.1, 0.15) is 4.90 Å². The van der Waals surface area contributed by atoms with E-state index in [-0.39, 0.29) is 5.56 Å². The fourth-order valence-electron chi connectivity index (χ4n) is 1.77. The van der Waals surface area contributed by atoms with E-state index in [2.05, 4.69) is 5.32 Å². The first kappa shape index (κ1) is 19.6. The lowest BCUT2D eigenvalue weighted by molar-refractivity contribution is -0.387. The lowest BCUT2D eigenvalue weighted by atomic mass is 10.2. The van der Waals surface area contributed by atoms with Crippen LogP contribution in [-0.2, 0) is 19.4 Å². The highest BCUT2D eigenvalue weighted by atomic mass is 32.2. The summed E-state index contributed by atoms with van der Waals surface area (Å²) < 4.78 is 28.0. The van der Waals surface area contributed by atoms with Crippen LogP contribution in [0.2, 0.25) is 0 Å². The van der Waals surface area contributed by atoms with E-state index in [0.717, 1.165) is 24.5 Å². The molecule has 0 aliphatic heterocycles. The zero-order valence-corrected chi connectivity index (χ0v) is 14.3. The first-order valence-electron chi connectivity index (χ1n) is 7.05. The number of sulfone groups is 1. The summed E-state index contributed by atoms with van der Waals surface area (Å²) in [5, 5.41) is 13.6. The van der Waals surface area contributed by atoms with E-state index < -0.39 is 43.3 Å². The molecule has 0 aromatic heterocycles. The van der Waals surface area contributed by atoms with Gasteiger partial charge in [-0.2, -0.15) is 0 Å². The summed E-state index contributed by atoms with van der Waals surface area (Å²) in [5.74, 6) is -1.45. The second kappa shape index (κ2) is 7.86. The lowest BCUT2D eigenvalue weighted by Gasteiger charge is -2.13. The Bertz CT molecular complexity index is 758. The normalized spacial score (nSPS) is 12.3. The maximum atomic E-state index is 12.0. The fraction of sp³-hybridized carbons (Fsp3) is 0.429. The Kier molecular flexibility index (Phi) is 6.41. The molecule has 9 nitrogen and oxygen atoms in total. The topological polar surface area (TPSA) is 133 Å². The molecule has 1 N–H and O–H groups in total. The van der Waals surface area contributed by atoms with Crippen LogP contribution in [0, 0.1) is 10.1 Å². The molecule has 1 aromatic rings. The molecule has 0 bridgehead atoms. The number of nitro benzene ring substituents is 1. The number of nitrogens with one attached hydrogen (secondary N) is 1. The molecule has 0 radical (unpaired) electrons. The summed E-state index contributed by atoms with van der Waals surface area (Å²) in [6.45, 7) is 3.65. The number of hydrogen-bond acceptors (Lipinski definition) is 7. The molecule has 0 aliphatic carbocycles. The van der Waals surface area contributed by atoms with E-state index in [1.807, 2.05) is 6.92 Å². The molecule has 1 amide bonds. The van der Waals surface area contributed by atoms with Gasteiger partial charge in [0.25, 0.3) is 11.6 Å². The van der Waals surface area contributed by atoms with Crippen LogP contribution < -0.4 is 5.32 Å². The van der Waals surface area contributed by atoms with Crippen LogP contribution in [0.1, 0.15) is 30.6 Å². The molecule has 1 rings (SSSR count). The molecule has 132 valence electrons. The number of ether oxygens (including phenoxy) is 1. The number of nitrogens with zero attached hydrogens (tertiary/aromatic N) is 1. The maximum Gasteiger partial charge on any atom is 0.339 e. The highest BCUT2D eigenvalue weighted by Crippen LogP contribution is 2.25. The molecule has 10 heteroatoms. The van der Waals surface area contributed by atoms with E-state index >= 15 is 0 Å². The van der Waals surface area contributed by atoms with Crippen molar-refractivity contribution in [1.29, 1.82) is 0 Å². The third kappa shape index (κ3) is 5.01. The average molecular weight is 358 g/mol.